The van der Waals surface area contributed by atoms with E-state index in [0.29, 0.717) is 5.56 Å². The number of carbonyl (C=O) groups is 3. The maximum atomic E-state index is 14.4. The third-order valence-electron chi connectivity index (χ3n) is 4.11. The summed E-state index contributed by atoms with van der Waals surface area (Å²) in [5.41, 5.74) is 5.18. The summed E-state index contributed by atoms with van der Waals surface area (Å²) in [4.78, 5) is 37.1. The van der Waals surface area contributed by atoms with E-state index in [1.807, 2.05) is 0 Å². The summed E-state index contributed by atoms with van der Waals surface area (Å²) < 4.78 is 14.4. The van der Waals surface area contributed by atoms with Crippen molar-refractivity contribution in [3.63, 3.8) is 0 Å². The number of aliphatic hydroxyl groups excluding tert-OH is 1. The SMILES string of the molecule is NC(=O)CN1C(=O)C(=O)C(=C(O)c2ccccc2)[C@H]1c1ccccc1F. The quantitative estimate of drug-likeness (QED) is 0.496. The number of halogens is 1. The lowest BCUT2D eigenvalue weighted by Gasteiger charge is -2.24. The number of hydrogen-bond acceptors (Lipinski definition) is 4. The molecule has 0 spiro atoms. The molecule has 1 saturated heterocycles. The Morgan fingerprint density at radius 3 is 2.31 bits per heavy atom. The fraction of sp³-hybridized carbons (Fsp3) is 0.105. The highest BCUT2D eigenvalue weighted by atomic mass is 19.1. The highest BCUT2D eigenvalue weighted by Crippen LogP contribution is 2.39. The molecule has 1 aliphatic heterocycles. The summed E-state index contributed by atoms with van der Waals surface area (Å²) in [6.45, 7) is -0.574. The molecule has 132 valence electrons. The zero-order chi connectivity index (χ0) is 18.8. The average Bonchev–Trinajstić information content (AvgIpc) is 2.87. The van der Waals surface area contributed by atoms with Crippen LogP contribution in [-0.2, 0) is 14.4 Å². The van der Waals surface area contributed by atoms with Crippen molar-refractivity contribution in [3.8, 4) is 0 Å². The van der Waals surface area contributed by atoms with Crippen molar-refractivity contribution in [3.05, 3.63) is 77.1 Å². The number of aliphatic hydroxyl groups is 1. The van der Waals surface area contributed by atoms with Gasteiger partial charge in [0.25, 0.3) is 11.7 Å². The number of Topliss-reactive ketones (excluding diaryl/α,β-unsaturated/α-hetero) is 1. The molecule has 1 atom stereocenters. The van der Waals surface area contributed by atoms with Gasteiger partial charge in [0.2, 0.25) is 5.91 Å². The summed E-state index contributed by atoms with van der Waals surface area (Å²) >= 11 is 0. The number of likely N-dealkylation sites (tertiary alicyclic amines) is 1. The first-order valence-corrected chi connectivity index (χ1v) is 7.78. The Bertz CT molecular complexity index is 924. The van der Waals surface area contributed by atoms with Crippen molar-refractivity contribution in [1.29, 1.82) is 0 Å². The number of rotatable bonds is 4. The van der Waals surface area contributed by atoms with Crippen molar-refractivity contribution < 1.29 is 23.9 Å². The number of amides is 2. The molecule has 2 aromatic rings. The zero-order valence-corrected chi connectivity index (χ0v) is 13.6. The van der Waals surface area contributed by atoms with E-state index in [4.69, 9.17) is 5.73 Å². The van der Waals surface area contributed by atoms with Gasteiger partial charge in [0.1, 0.15) is 18.1 Å². The van der Waals surface area contributed by atoms with Gasteiger partial charge in [-0.1, -0.05) is 48.5 Å². The molecule has 3 N–H and O–H groups in total. The van der Waals surface area contributed by atoms with Crippen molar-refractivity contribution in [1.82, 2.24) is 4.90 Å². The number of hydrogen-bond donors (Lipinski definition) is 2. The smallest absolute Gasteiger partial charge is 0.296 e. The van der Waals surface area contributed by atoms with Gasteiger partial charge in [-0.3, -0.25) is 14.4 Å². The zero-order valence-electron chi connectivity index (χ0n) is 13.6. The Balaban J connectivity index is 2.24. The number of nitrogens with two attached hydrogens (primary N) is 1. The van der Waals surface area contributed by atoms with E-state index in [1.165, 1.54) is 24.3 Å². The van der Waals surface area contributed by atoms with Crippen LogP contribution in [0, 0.1) is 5.82 Å². The maximum absolute atomic E-state index is 14.4. The first-order chi connectivity index (χ1) is 12.4. The number of primary amides is 1. The molecular formula is C19H15FN2O4. The molecule has 0 aromatic heterocycles. The Labute approximate surface area is 148 Å². The molecule has 2 amide bonds. The maximum Gasteiger partial charge on any atom is 0.296 e. The first kappa shape index (κ1) is 17.3. The Kier molecular flexibility index (Phi) is 4.53. The lowest BCUT2D eigenvalue weighted by atomic mass is 9.95. The second kappa shape index (κ2) is 6.79. The minimum absolute atomic E-state index is 0.00886. The second-order valence-corrected chi connectivity index (χ2v) is 5.78. The van der Waals surface area contributed by atoms with E-state index in [-0.39, 0.29) is 11.1 Å². The van der Waals surface area contributed by atoms with Gasteiger partial charge in [-0.2, -0.15) is 0 Å². The largest absolute Gasteiger partial charge is 0.507 e. The van der Waals surface area contributed by atoms with Crippen LogP contribution in [-0.4, -0.2) is 34.1 Å². The van der Waals surface area contributed by atoms with Crippen LogP contribution in [0.4, 0.5) is 4.39 Å². The molecule has 7 heteroatoms. The number of benzene rings is 2. The van der Waals surface area contributed by atoms with Gasteiger partial charge in [0.15, 0.2) is 0 Å². The Hall–Kier alpha value is -3.48. The first-order valence-electron chi connectivity index (χ1n) is 7.78. The van der Waals surface area contributed by atoms with E-state index in [2.05, 4.69) is 0 Å². The van der Waals surface area contributed by atoms with E-state index < -0.39 is 41.8 Å². The average molecular weight is 354 g/mol. The highest BCUT2D eigenvalue weighted by Gasteiger charge is 2.47. The molecule has 0 aliphatic carbocycles. The highest BCUT2D eigenvalue weighted by molar-refractivity contribution is 6.46. The van der Waals surface area contributed by atoms with Gasteiger partial charge >= 0.3 is 0 Å². The van der Waals surface area contributed by atoms with Crippen LogP contribution in [0.3, 0.4) is 0 Å². The topological polar surface area (TPSA) is 101 Å². The minimum Gasteiger partial charge on any atom is -0.507 e. The number of nitrogens with zero attached hydrogens (tertiary/aromatic N) is 1. The van der Waals surface area contributed by atoms with Crippen molar-refractivity contribution in [2.45, 2.75) is 6.04 Å². The Morgan fingerprint density at radius 2 is 1.69 bits per heavy atom. The summed E-state index contributed by atoms with van der Waals surface area (Å²) in [7, 11) is 0. The van der Waals surface area contributed by atoms with Crippen molar-refractivity contribution in [2.24, 2.45) is 5.73 Å². The number of ketones is 1. The van der Waals surface area contributed by atoms with Gasteiger partial charge in [0.05, 0.1) is 11.6 Å². The molecule has 0 radical (unpaired) electrons. The summed E-state index contributed by atoms with van der Waals surface area (Å²) in [5, 5.41) is 10.6. The molecule has 0 saturated carbocycles. The van der Waals surface area contributed by atoms with Gasteiger partial charge in [-0.15, -0.1) is 0 Å². The van der Waals surface area contributed by atoms with Crippen LogP contribution in [0.1, 0.15) is 17.2 Å². The predicted octanol–water partition coefficient (Wildman–Crippen LogP) is 1.73. The Morgan fingerprint density at radius 1 is 1.08 bits per heavy atom. The molecule has 3 rings (SSSR count). The molecule has 0 bridgehead atoms. The number of carbonyl (C=O) groups excluding carboxylic acids is 3. The molecule has 1 aliphatic rings. The van der Waals surface area contributed by atoms with Crippen LogP contribution >= 0.6 is 0 Å². The van der Waals surface area contributed by atoms with Crippen LogP contribution < -0.4 is 5.73 Å². The van der Waals surface area contributed by atoms with Crippen molar-refractivity contribution in [2.75, 3.05) is 6.54 Å². The molecule has 26 heavy (non-hydrogen) atoms. The molecule has 6 nitrogen and oxygen atoms in total. The summed E-state index contributed by atoms with van der Waals surface area (Å²) in [5.74, 6) is -3.99. The van der Waals surface area contributed by atoms with Gasteiger partial charge in [-0.05, 0) is 6.07 Å². The van der Waals surface area contributed by atoms with Crippen molar-refractivity contribution >= 4 is 23.4 Å². The molecule has 2 aromatic carbocycles. The fourth-order valence-electron chi connectivity index (χ4n) is 2.98. The molecular weight excluding hydrogens is 339 g/mol. The molecule has 1 fully saturated rings. The van der Waals surface area contributed by atoms with Crippen LogP contribution in [0.2, 0.25) is 0 Å². The molecule has 1 heterocycles. The third-order valence-corrected chi connectivity index (χ3v) is 4.11. The second-order valence-electron chi connectivity index (χ2n) is 5.78. The van der Waals surface area contributed by atoms with Crippen LogP contribution in [0.5, 0.6) is 0 Å². The predicted molar refractivity (Wildman–Crippen MR) is 91.0 cm³/mol. The van der Waals surface area contributed by atoms with Gasteiger partial charge < -0.3 is 15.7 Å². The van der Waals surface area contributed by atoms with Gasteiger partial charge in [0, 0.05) is 11.1 Å². The summed E-state index contributed by atoms with van der Waals surface area (Å²) in [6.07, 6.45) is 0. The van der Waals surface area contributed by atoms with E-state index >= 15 is 0 Å². The normalized spacial score (nSPS) is 19.0. The molecule has 0 unspecified atom stereocenters. The summed E-state index contributed by atoms with van der Waals surface area (Å²) in [6, 6.07) is 12.4. The van der Waals surface area contributed by atoms with Crippen LogP contribution in [0.15, 0.2) is 60.2 Å². The van der Waals surface area contributed by atoms with E-state index in [0.717, 1.165) is 4.90 Å². The van der Waals surface area contributed by atoms with Gasteiger partial charge in [-0.25, -0.2) is 4.39 Å². The minimum atomic E-state index is -1.25. The van der Waals surface area contributed by atoms with Crippen LogP contribution in [0.25, 0.3) is 5.76 Å². The van der Waals surface area contributed by atoms with E-state index in [1.54, 1.807) is 30.3 Å². The standard InChI is InChI=1S/C19H15FN2O4/c20-13-9-5-4-8-12(13)16-15(17(24)11-6-2-1-3-7-11)18(25)19(26)22(16)10-14(21)23/h1-9,16,24H,10H2,(H2,21,23)/t16-/m1/s1. The fourth-order valence-corrected chi connectivity index (χ4v) is 2.98. The monoisotopic (exact) mass is 354 g/mol. The lowest BCUT2D eigenvalue weighted by Crippen LogP contribution is -2.37. The lowest BCUT2D eigenvalue weighted by molar-refractivity contribution is -0.141. The van der Waals surface area contributed by atoms with E-state index in [9.17, 15) is 23.9 Å². The third kappa shape index (κ3) is 2.95.